The molecule has 2 aromatic carbocycles. The summed E-state index contributed by atoms with van der Waals surface area (Å²) in [5.41, 5.74) is 7.28. The highest BCUT2D eigenvalue weighted by Crippen LogP contribution is 2.39. The van der Waals surface area contributed by atoms with E-state index in [1.54, 1.807) is 0 Å². The van der Waals surface area contributed by atoms with E-state index in [9.17, 15) is 9.59 Å². The van der Waals surface area contributed by atoms with Crippen LogP contribution in [0.1, 0.15) is 55.3 Å². The Morgan fingerprint density at radius 3 is 2.68 bits per heavy atom. The van der Waals surface area contributed by atoms with Crippen molar-refractivity contribution in [3.63, 3.8) is 0 Å². The van der Waals surface area contributed by atoms with Crippen molar-refractivity contribution in [2.24, 2.45) is 7.05 Å². The lowest BCUT2D eigenvalue weighted by Crippen LogP contribution is -2.17. The van der Waals surface area contributed by atoms with Gasteiger partial charge in [-0.1, -0.05) is 24.3 Å². The minimum absolute atomic E-state index is 0.215. The van der Waals surface area contributed by atoms with Gasteiger partial charge in [0, 0.05) is 29.4 Å². The number of pyridine rings is 1. The first-order valence-electron chi connectivity index (χ1n) is 12.3. The lowest BCUT2D eigenvalue weighted by Gasteiger charge is -2.12. The molecule has 0 saturated heterocycles. The number of benzene rings is 2. The van der Waals surface area contributed by atoms with Gasteiger partial charge in [0.1, 0.15) is 0 Å². The molecule has 7 nitrogen and oxygen atoms in total. The van der Waals surface area contributed by atoms with Gasteiger partial charge in [0.25, 0.3) is 0 Å². The lowest BCUT2D eigenvalue weighted by atomic mass is 10.0. The fourth-order valence-corrected chi connectivity index (χ4v) is 5.13. The van der Waals surface area contributed by atoms with E-state index in [0.29, 0.717) is 23.1 Å². The molecule has 186 valence electrons. The molecule has 3 heterocycles. The van der Waals surface area contributed by atoms with Gasteiger partial charge in [0.2, 0.25) is 12.6 Å². The number of para-hydroxylation sites is 1. The van der Waals surface area contributed by atoms with Crippen molar-refractivity contribution in [1.29, 1.82) is 0 Å². The second kappa shape index (κ2) is 8.92. The molecule has 1 aliphatic heterocycles. The molecule has 0 unspecified atom stereocenters. The first-order valence-corrected chi connectivity index (χ1v) is 12.3. The van der Waals surface area contributed by atoms with Crippen molar-refractivity contribution < 1.29 is 23.8 Å². The Hall–Kier alpha value is -4.39. The minimum atomic E-state index is -0.502. The number of aryl methyl sites for hydroxylation is 1. The molecule has 7 heteroatoms. The predicted octanol–water partition coefficient (Wildman–Crippen LogP) is 5.45. The van der Waals surface area contributed by atoms with Gasteiger partial charge in [0.15, 0.2) is 18.1 Å². The largest absolute Gasteiger partial charge is 0.454 e. The number of ketones is 1. The molecule has 0 amide bonds. The number of hydrogen-bond acceptors (Lipinski definition) is 6. The van der Waals surface area contributed by atoms with E-state index in [4.69, 9.17) is 19.2 Å². The van der Waals surface area contributed by atoms with E-state index in [1.165, 1.54) is 0 Å². The number of allylic oxidation sites excluding steroid dienone is 1. The highest BCUT2D eigenvalue weighted by molar-refractivity contribution is 6.08. The van der Waals surface area contributed by atoms with Crippen molar-refractivity contribution in [2.45, 2.75) is 26.7 Å². The minimum Gasteiger partial charge on any atom is -0.454 e. The average Bonchev–Trinajstić information content (AvgIpc) is 3.60. The van der Waals surface area contributed by atoms with Crippen LogP contribution < -0.4 is 9.47 Å². The third-order valence-corrected chi connectivity index (χ3v) is 7.29. The molecule has 0 radical (unpaired) electrons. The van der Waals surface area contributed by atoms with E-state index in [1.807, 2.05) is 74.0 Å². The smallest absolute Gasteiger partial charge is 0.339 e. The summed E-state index contributed by atoms with van der Waals surface area (Å²) in [6.07, 6.45) is 3.49. The Bertz CT molecular complexity index is 1630. The summed E-state index contributed by atoms with van der Waals surface area (Å²) in [7, 11) is 1.91. The fraction of sp³-hybridized carbons (Fsp3) is 0.233. The van der Waals surface area contributed by atoms with Gasteiger partial charge >= 0.3 is 5.97 Å². The Balaban J connectivity index is 1.34. The molecular formula is C30H26N2O5. The summed E-state index contributed by atoms with van der Waals surface area (Å²) in [6.45, 7) is 3.74. The Labute approximate surface area is 214 Å². The van der Waals surface area contributed by atoms with Crippen LogP contribution in [0.2, 0.25) is 0 Å². The Morgan fingerprint density at radius 1 is 1.05 bits per heavy atom. The van der Waals surface area contributed by atoms with Crippen LogP contribution in [-0.4, -0.2) is 34.7 Å². The molecule has 2 aromatic heterocycles. The number of carbonyl (C=O) groups excluding carboxylic acids is 2. The molecule has 0 atom stereocenters. The quantitative estimate of drug-likeness (QED) is 0.271. The predicted molar refractivity (Wildman–Crippen MR) is 140 cm³/mol. The molecule has 4 aromatic rings. The highest BCUT2D eigenvalue weighted by atomic mass is 16.7. The second-order valence-electron chi connectivity index (χ2n) is 9.46. The molecule has 0 fully saturated rings. The third-order valence-electron chi connectivity index (χ3n) is 7.29. The summed E-state index contributed by atoms with van der Waals surface area (Å²) in [5, 5.41) is 0.731. The van der Waals surface area contributed by atoms with Gasteiger partial charge in [-0.25, -0.2) is 9.78 Å². The van der Waals surface area contributed by atoms with Crippen LogP contribution in [0.25, 0.3) is 22.6 Å². The van der Waals surface area contributed by atoms with Crippen LogP contribution in [0.5, 0.6) is 11.5 Å². The van der Waals surface area contributed by atoms with Gasteiger partial charge in [-0.3, -0.25) is 4.79 Å². The number of aromatic nitrogens is 2. The van der Waals surface area contributed by atoms with Gasteiger partial charge in [-0.05, 0) is 73.7 Å². The number of fused-ring (bicyclic) bond motifs is 3. The van der Waals surface area contributed by atoms with E-state index >= 15 is 0 Å². The van der Waals surface area contributed by atoms with Gasteiger partial charge < -0.3 is 18.8 Å². The maximum atomic E-state index is 13.4. The first kappa shape index (κ1) is 23.0. The van der Waals surface area contributed by atoms with Crippen LogP contribution in [0, 0.1) is 13.8 Å². The van der Waals surface area contributed by atoms with Gasteiger partial charge in [0.05, 0.1) is 16.8 Å². The molecule has 6 rings (SSSR count). The number of esters is 1. The summed E-state index contributed by atoms with van der Waals surface area (Å²) in [4.78, 5) is 31.2. The van der Waals surface area contributed by atoms with Crippen molar-refractivity contribution in [3.05, 3.63) is 87.9 Å². The molecule has 2 aliphatic rings. The summed E-state index contributed by atoms with van der Waals surface area (Å²) in [6, 6.07) is 15.2. The Kier molecular flexibility index (Phi) is 5.56. The van der Waals surface area contributed by atoms with E-state index in [0.717, 1.165) is 57.1 Å². The van der Waals surface area contributed by atoms with E-state index in [-0.39, 0.29) is 19.2 Å². The summed E-state index contributed by atoms with van der Waals surface area (Å²) in [5.74, 6) is 0.737. The topological polar surface area (TPSA) is 79.7 Å². The van der Waals surface area contributed by atoms with Crippen LogP contribution in [0.4, 0.5) is 0 Å². The molecule has 0 N–H and O–H groups in total. The molecule has 0 saturated carbocycles. The third kappa shape index (κ3) is 3.96. The summed E-state index contributed by atoms with van der Waals surface area (Å²) < 4.78 is 18.5. The molecule has 1 aliphatic carbocycles. The van der Waals surface area contributed by atoms with Crippen molar-refractivity contribution in [3.8, 4) is 11.5 Å². The van der Waals surface area contributed by atoms with Crippen molar-refractivity contribution >= 4 is 34.3 Å². The van der Waals surface area contributed by atoms with Crippen LogP contribution in [0.15, 0.2) is 48.5 Å². The number of nitrogens with zero attached hydrogens (tertiary/aromatic N) is 2. The molecule has 0 spiro atoms. The maximum Gasteiger partial charge on any atom is 0.339 e. The van der Waals surface area contributed by atoms with Gasteiger partial charge in [-0.2, -0.15) is 0 Å². The van der Waals surface area contributed by atoms with Crippen LogP contribution >= 0.6 is 0 Å². The zero-order valence-electron chi connectivity index (χ0n) is 21.0. The number of Topliss-reactive ketones (excluding diaryl/α,β-unsaturated/α-hetero) is 1. The SMILES string of the molecule is Cc1cc(C(=O)COC(=O)c2c3c(nc4ccccc24)C(=Cc2ccc4c(c2)OCO4)CC3)c(C)n1C. The normalized spacial score (nSPS) is 14.8. The van der Waals surface area contributed by atoms with Gasteiger partial charge in [-0.15, -0.1) is 0 Å². The zero-order valence-corrected chi connectivity index (χ0v) is 21.0. The maximum absolute atomic E-state index is 13.4. The highest BCUT2D eigenvalue weighted by Gasteiger charge is 2.28. The number of ether oxygens (including phenoxy) is 3. The Morgan fingerprint density at radius 2 is 1.86 bits per heavy atom. The molecule has 0 bridgehead atoms. The second-order valence-corrected chi connectivity index (χ2v) is 9.46. The lowest BCUT2D eigenvalue weighted by molar-refractivity contribution is 0.0475. The van der Waals surface area contributed by atoms with Crippen molar-refractivity contribution in [1.82, 2.24) is 9.55 Å². The van der Waals surface area contributed by atoms with E-state index in [2.05, 4.69) is 6.08 Å². The number of carbonyl (C=O) groups is 2. The molecule has 37 heavy (non-hydrogen) atoms. The molecular weight excluding hydrogens is 468 g/mol. The van der Waals surface area contributed by atoms with Crippen LogP contribution in [0.3, 0.4) is 0 Å². The van der Waals surface area contributed by atoms with Crippen LogP contribution in [-0.2, 0) is 18.2 Å². The first-order chi connectivity index (χ1) is 17.9. The standard InChI is InChI=1S/C30H26N2O5/c1-17-12-23(18(2)32(17)3)25(33)15-35-30(34)28-21-6-4-5-7-24(21)31-29-20(9-10-22(28)29)13-19-8-11-26-27(14-19)37-16-36-26/h4-8,11-14H,9-10,15-16H2,1-3H3. The average molecular weight is 495 g/mol. The number of rotatable bonds is 5. The van der Waals surface area contributed by atoms with Crippen molar-refractivity contribution in [2.75, 3.05) is 13.4 Å². The number of hydrogen-bond donors (Lipinski definition) is 0. The summed E-state index contributed by atoms with van der Waals surface area (Å²) >= 11 is 0. The van der Waals surface area contributed by atoms with E-state index < -0.39 is 5.97 Å². The zero-order chi connectivity index (χ0) is 25.7. The monoisotopic (exact) mass is 494 g/mol. The fourth-order valence-electron chi connectivity index (χ4n) is 5.13.